The highest BCUT2D eigenvalue weighted by Gasteiger charge is 2.30. The van der Waals surface area contributed by atoms with Gasteiger partial charge in [0.15, 0.2) is 0 Å². The number of aromatic nitrogens is 2. The van der Waals surface area contributed by atoms with Gasteiger partial charge < -0.3 is 4.74 Å². The van der Waals surface area contributed by atoms with Crippen LogP contribution in [-0.4, -0.2) is 15.4 Å². The Hall–Kier alpha value is -2.88. The minimum Gasteiger partial charge on any atom is -0.487 e. The van der Waals surface area contributed by atoms with Crippen LogP contribution < -0.4 is 10.3 Å². The summed E-state index contributed by atoms with van der Waals surface area (Å²) < 4.78 is 7.44. The van der Waals surface area contributed by atoms with Crippen molar-refractivity contribution in [1.29, 1.82) is 0 Å². The molecule has 1 aliphatic heterocycles. The second-order valence-electron chi connectivity index (χ2n) is 7.06. The Kier molecular flexibility index (Phi) is 3.68. The Morgan fingerprint density at radius 3 is 2.68 bits per heavy atom. The minimum atomic E-state index is -0.166. The maximum absolute atomic E-state index is 12.2. The van der Waals surface area contributed by atoms with Gasteiger partial charge in [0, 0.05) is 18.1 Å². The third-order valence-electron chi connectivity index (χ3n) is 4.40. The molecule has 0 bridgehead atoms. The van der Waals surface area contributed by atoms with Crippen LogP contribution in [-0.2, 0) is 13.0 Å². The predicted octanol–water partition coefficient (Wildman–Crippen LogP) is 3.67. The van der Waals surface area contributed by atoms with E-state index < -0.39 is 0 Å². The lowest BCUT2D eigenvalue weighted by molar-refractivity contribution is 0.138. The van der Waals surface area contributed by atoms with E-state index in [1.807, 2.05) is 42.5 Å². The van der Waals surface area contributed by atoms with E-state index in [-0.39, 0.29) is 11.2 Å². The maximum atomic E-state index is 12.2. The summed E-state index contributed by atoms with van der Waals surface area (Å²) in [7, 11) is 0. The molecule has 0 radical (unpaired) electrons. The maximum Gasteiger partial charge on any atom is 0.267 e. The van der Waals surface area contributed by atoms with Crippen LogP contribution in [0.2, 0.25) is 0 Å². The quantitative estimate of drug-likeness (QED) is 0.735. The van der Waals surface area contributed by atoms with Crippen molar-refractivity contribution in [3.63, 3.8) is 0 Å². The van der Waals surface area contributed by atoms with Crippen molar-refractivity contribution < 1.29 is 4.74 Å². The second kappa shape index (κ2) is 5.88. The van der Waals surface area contributed by atoms with Crippen molar-refractivity contribution in [2.45, 2.75) is 32.4 Å². The molecular formula is C21H20N2O2. The lowest BCUT2D eigenvalue weighted by atomic mass is 9.99. The third-order valence-corrected chi connectivity index (χ3v) is 4.40. The summed E-state index contributed by atoms with van der Waals surface area (Å²) in [4.78, 5) is 12.2. The van der Waals surface area contributed by atoms with E-state index in [2.05, 4.69) is 25.0 Å². The van der Waals surface area contributed by atoms with Gasteiger partial charge in [0.1, 0.15) is 11.4 Å². The lowest BCUT2D eigenvalue weighted by Crippen LogP contribution is -2.24. The average molecular weight is 332 g/mol. The molecule has 4 nitrogen and oxygen atoms in total. The standard InChI is InChI=1S/C21H20N2O2/c1-21(2)13-17-12-16(8-10-19(17)25-21)18-9-11-20(24)23(22-18)14-15-6-4-3-5-7-15/h3-12H,13-14H2,1-2H3. The SMILES string of the molecule is CC1(C)Cc2cc(-c3ccc(=O)n(Cc4ccccc4)n3)ccc2O1. The van der Waals surface area contributed by atoms with Gasteiger partial charge in [-0.25, -0.2) is 4.68 Å². The Morgan fingerprint density at radius 2 is 1.88 bits per heavy atom. The number of hydrogen-bond acceptors (Lipinski definition) is 3. The van der Waals surface area contributed by atoms with Crippen LogP contribution in [0.4, 0.5) is 0 Å². The molecule has 2 aromatic carbocycles. The summed E-state index contributed by atoms with van der Waals surface area (Å²) in [5, 5.41) is 4.56. The molecule has 1 aromatic heterocycles. The second-order valence-corrected chi connectivity index (χ2v) is 7.06. The number of ether oxygens (including phenoxy) is 1. The van der Waals surface area contributed by atoms with Gasteiger partial charge >= 0.3 is 0 Å². The van der Waals surface area contributed by atoms with Crippen molar-refractivity contribution in [2.75, 3.05) is 0 Å². The van der Waals surface area contributed by atoms with Crippen LogP contribution >= 0.6 is 0 Å². The van der Waals surface area contributed by atoms with Crippen molar-refractivity contribution in [2.24, 2.45) is 0 Å². The Balaban J connectivity index is 1.68. The van der Waals surface area contributed by atoms with Gasteiger partial charge in [-0.15, -0.1) is 0 Å². The summed E-state index contributed by atoms with van der Waals surface area (Å²) in [6.07, 6.45) is 0.875. The first-order chi connectivity index (χ1) is 12.0. The summed E-state index contributed by atoms with van der Waals surface area (Å²) in [6, 6.07) is 19.4. The fourth-order valence-electron chi connectivity index (χ4n) is 3.24. The number of hydrogen-bond donors (Lipinski definition) is 0. The minimum absolute atomic E-state index is 0.0989. The Bertz CT molecular complexity index is 975. The van der Waals surface area contributed by atoms with Crippen LogP contribution in [0.1, 0.15) is 25.0 Å². The van der Waals surface area contributed by atoms with Crippen molar-refractivity contribution in [3.8, 4) is 17.0 Å². The Labute approximate surface area is 146 Å². The molecule has 0 unspecified atom stereocenters. The first-order valence-corrected chi connectivity index (χ1v) is 8.45. The van der Waals surface area contributed by atoms with Gasteiger partial charge in [-0.05, 0) is 49.2 Å². The van der Waals surface area contributed by atoms with Gasteiger partial charge in [-0.2, -0.15) is 5.10 Å². The number of nitrogens with zero attached hydrogens (tertiary/aromatic N) is 2. The lowest BCUT2D eigenvalue weighted by Gasteiger charge is -2.16. The normalized spacial score (nSPS) is 14.8. The van der Waals surface area contributed by atoms with Crippen LogP contribution in [0, 0.1) is 0 Å². The Morgan fingerprint density at radius 1 is 1.08 bits per heavy atom. The van der Waals surface area contributed by atoms with Gasteiger partial charge in [0.25, 0.3) is 5.56 Å². The predicted molar refractivity (Wildman–Crippen MR) is 97.9 cm³/mol. The molecule has 4 heteroatoms. The molecule has 0 N–H and O–H groups in total. The zero-order chi connectivity index (χ0) is 17.4. The van der Waals surface area contributed by atoms with E-state index in [1.54, 1.807) is 12.1 Å². The van der Waals surface area contributed by atoms with E-state index in [9.17, 15) is 4.79 Å². The molecule has 0 amide bonds. The van der Waals surface area contributed by atoms with Crippen LogP contribution in [0.5, 0.6) is 5.75 Å². The molecule has 0 fully saturated rings. The molecule has 1 aliphatic rings. The molecule has 25 heavy (non-hydrogen) atoms. The van der Waals surface area contributed by atoms with Crippen LogP contribution in [0.25, 0.3) is 11.3 Å². The van der Waals surface area contributed by atoms with E-state index in [0.717, 1.165) is 29.0 Å². The summed E-state index contributed by atoms with van der Waals surface area (Å²) in [5.41, 5.74) is 3.77. The fraction of sp³-hybridized carbons (Fsp3) is 0.238. The van der Waals surface area contributed by atoms with E-state index in [1.165, 1.54) is 10.2 Å². The number of rotatable bonds is 3. The topological polar surface area (TPSA) is 44.1 Å². The first kappa shape index (κ1) is 15.6. The zero-order valence-electron chi connectivity index (χ0n) is 14.4. The molecule has 4 rings (SSSR count). The third kappa shape index (κ3) is 3.20. The van der Waals surface area contributed by atoms with Gasteiger partial charge in [0.05, 0.1) is 12.2 Å². The van der Waals surface area contributed by atoms with Crippen LogP contribution in [0.15, 0.2) is 65.5 Å². The van der Waals surface area contributed by atoms with Crippen LogP contribution in [0.3, 0.4) is 0 Å². The fourth-order valence-corrected chi connectivity index (χ4v) is 3.24. The molecule has 0 spiro atoms. The average Bonchev–Trinajstić information content (AvgIpc) is 2.90. The smallest absolute Gasteiger partial charge is 0.267 e. The highest BCUT2D eigenvalue weighted by Crippen LogP contribution is 2.36. The molecule has 126 valence electrons. The molecule has 0 aliphatic carbocycles. The molecule has 2 heterocycles. The van der Waals surface area contributed by atoms with Crippen molar-refractivity contribution >= 4 is 0 Å². The highest BCUT2D eigenvalue weighted by molar-refractivity contribution is 5.62. The highest BCUT2D eigenvalue weighted by atomic mass is 16.5. The van der Waals surface area contributed by atoms with E-state index >= 15 is 0 Å². The van der Waals surface area contributed by atoms with Gasteiger partial charge in [-0.3, -0.25) is 4.79 Å². The largest absolute Gasteiger partial charge is 0.487 e. The van der Waals surface area contributed by atoms with Crippen molar-refractivity contribution in [3.05, 3.63) is 82.1 Å². The summed E-state index contributed by atoms with van der Waals surface area (Å²) in [5.74, 6) is 0.936. The monoisotopic (exact) mass is 332 g/mol. The van der Waals surface area contributed by atoms with Gasteiger partial charge in [0.2, 0.25) is 0 Å². The molecule has 3 aromatic rings. The summed E-state index contributed by atoms with van der Waals surface area (Å²) in [6.45, 7) is 4.64. The number of fused-ring (bicyclic) bond motifs is 1. The summed E-state index contributed by atoms with van der Waals surface area (Å²) >= 11 is 0. The molecule has 0 saturated carbocycles. The van der Waals surface area contributed by atoms with Crippen molar-refractivity contribution in [1.82, 2.24) is 9.78 Å². The number of benzene rings is 2. The van der Waals surface area contributed by atoms with Gasteiger partial charge in [-0.1, -0.05) is 30.3 Å². The first-order valence-electron chi connectivity index (χ1n) is 8.45. The molecule has 0 atom stereocenters. The van der Waals surface area contributed by atoms with E-state index in [4.69, 9.17) is 4.74 Å². The zero-order valence-corrected chi connectivity index (χ0v) is 14.4. The molecular weight excluding hydrogens is 312 g/mol. The van der Waals surface area contributed by atoms with E-state index in [0.29, 0.717) is 6.54 Å². The molecule has 0 saturated heterocycles.